The molecule has 0 spiro atoms. The number of rotatable bonds is 5. The number of anilines is 1. The first-order valence-corrected chi connectivity index (χ1v) is 6.24. The molecule has 0 radical (unpaired) electrons. The Hall–Kier alpha value is -2.62. The zero-order valence-electron chi connectivity index (χ0n) is 11.1. The van der Waals surface area contributed by atoms with Crippen LogP contribution < -0.4 is 5.32 Å². The lowest BCUT2D eigenvalue weighted by Gasteiger charge is -2.08. The highest BCUT2D eigenvalue weighted by Gasteiger charge is 2.08. The molecule has 0 aromatic heterocycles. The zero-order chi connectivity index (χ0) is 14.5. The molecule has 2 N–H and O–H groups in total. The lowest BCUT2D eigenvalue weighted by Crippen LogP contribution is -2.15. The number of aryl methyl sites for hydroxylation is 1. The summed E-state index contributed by atoms with van der Waals surface area (Å²) in [5, 5.41) is 11.8. The van der Waals surface area contributed by atoms with Gasteiger partial charge in [-0.3, -0.25) is 4.79 Å². The van der Waals surface area contributed by atoms with Crippen LogP contribution in [0.1, 0.15) is 26.3 Å². The molecule has 0 aliphatic carbocycles. The van der Waals surface area contributed by atoms with Gasteiger partial charge in [-0.1, -0.05) is 24.3 Å². The Bertz CT molecular complexity index is 632. The third kappa shape index (κ3) is 3.23. The fraction of sp³-hybridized carbons (Fsp3) is 0.125. The lowest BCUT2D eigenvalue weighted by atomic mass is 10.0. The maximum absolute atomic E-state index is 12.1. The van der Waals surface area contributed by atoms with E-state index in [1.165, 1.54) is 12.1 Å². The van der Waals surface area contributed by atoms with E-state index in [4.69, 9.17) is 5.11 Å². The summed E-state index contributed by atoms with van der Waals surface area (Å²) in [7, 11) is 0. The molecule has 0 unspecified atom stereocenters. The van der Waals surface area contributed by atoms with Gasteiger partial charge in [0, 0.05) is 11.3 Å². The minimum absolute atomic E-state index is 0.00501. The molecule has 20 heavy (non-hydrogen) atoms. The topological polar surface area (TPSA) is 66.4 Å². The van der Waals surface area contributed by atoms with Gasteiger partial charge in [-0.05, 0) is 36.8 Å². The van der Waals surface area contributed by atoms with E-state index < -0.39 is 5.97 Å². The summed E-state index contributed by atoms with van der Waals surface area (Å²) in [4.78, 5) is 22.8. The van der Waals surface area contributed by atoms with Gasteiger partial charge in [0.05, 0.1) is 12.1 Å². The molecule has 0 saturated carbocycles. The van der Waals surface area contributed by atoms with Gasteiger partial charge in [-0.15, -0.1) is 0 Å². The quantitative estimate of drug-likeness (QED) is 0.819. The average Bonchev–Trinajstić information content (AvgIpc) is 2.45. The van der Waals surface area contributed by atoms with Gasteiger partial charge in [-0.2, -0.15) is 0 Å². The first-order valence-electron chi connectivity index (χ1n) is 6.24. The summed E-state index contributed by atoms with van der Waals surface area (Å²) in [5.74, 6) is -0.960. The van der Waals surface area contributed by atoms with Crippen molar-refractivity contribution in [3.8, 4) is 0 Å². The number of ketones is 1. The first kappa shape index (κ1) is 13.8. The molecule has 0 atom stereocenters. The third-order valence-electron chi connectivity index (χ3n) is 3.03. The van der Waals surface area contributed by atoms with E-state index in [9.17, 15) is 9.59 Å². The van der Waals surface area contributed by atoms with Gasteiger partial charge >= 0.3 is 5.97 Å². The van der Waals surface area contributed by atoms with Crippen molar-refractivity contribution in [1.82, 2.24) is 0 Å². The van der Waals surface area contributed by atoms with Crippen LogP contribution in [0.4, 0.5) is 5.69 Å². The number of hydrogen-bond donors (Lipinski definition) is 2. The van der Waals surface area contributed by atoms with Crippen molar-refractivity contribution in [3.63, 3.8) is 0 Å². The Morgan fingerprint density at radius 3 is 2.30 bits per heavy atom. The molecular weight excluding hydrogens is 254 g/mol. The Kier molecular flexibility index (Phi) is 4.15. The van der Waals surface area contributed by atoms with E-state index in [0.717, 1.165) is 11.3 Å². The van der Waals surface area contributed by atoms with Crippen molar-refractivity contribution in [1.29, 1.82) is 0 Å². The maximum Gasteiger partial charge on any atom is 0.335 e. The van der Waals surface area contributed by atoms with Crippen molar-refractivity contribution in [2.45, 2.75) is 6.92 Å². The Morgan fingerprint density at radius 2 is 1.70 bits per heavy atom. The van der Waals surface area contributed by atoms with Crippen LogP contribution in [0.5, 0.6) is 0 Å². The zero-order valence-corrected chi connectivity index (χ0v) is 11.1. The van der Waals surface area contributed by atoms with Gasteiger partial charge in [0.2, 0.25) is 0 Å². The fourth-order valence-corrected chi connectivity index (χ4v) is 1.89. The largest absolute Gasteiger partial charge is 0.478 e. The van der Waals surface area contributed by atoms with Crippen LogP contribution in [0.2, 0.25) is 0 Å². The number of carboxylic acid groups (broad SMARTS) is 1. The van der Waals surface area contributed by atoms with Crippen LogP contribution in [0.3, 0.4) is 0 Å². The van der Waals surface area contributed by atoms with Gasteiger partial charge in [-0.25, -0.2) is 4.79 Å². The second kappa shape index (κ2) is 6.02. The number of carbonyl (C=O) groups excluding carboxylic acids is 1. The fourth-order valence-electron chi connectivity index (χ4n) is 1.89. The smallest absolute Gasteiger partial charge is 0.335 e. The van der Waals surface area contributed by atoms with Gasteiger partial charge < -0.3 is 10.4 Å². The van der Waals surface area contributed by atoms with Crippen molar-refractivity contribution in [2.24, 2.45) is 0 Å². The monoisotopic (exact) mass is 269 g/mol. The van der Waals surface area contributed by atoms with E-state index in [1.54, 1.807) is 18.2 Å². The van der Waals surface area contributed by atoms with Gasteiger partial charge in [0.1, 0.15) is 0 Å². The van der Waals surface area contributed by atoms with Gasteiger partial charge in [0.15, 0.2) is 5.78 Å². The molecule has 0 aliphatic heterocycles. The summed E-state index contributed by atoms with van der Waals surface area (Å²) in [6, 6.07) is 13.7. The van der Waals surface area contributed by atoms with Crippen LogP contribution in [0, 0.1) is 6.92 Å². The molecule has 0 fully saturated rings. The summed E-state index contributed by atoms with van der Waals surface area (Å²) in [6.07, 6.45) is 0. The van der Waals surface area contributed by atoms with Crippen molar-refractivity contribution in [3.05, 3.63) is 65.2 Å². The lowest BCUT2D eigenvalue weighted by molar-refractivity contribution is 0.0696. The average molecular weight is 269 g/mol. The second-order valence-electron chi connectivity index (χ2n) is 4.47. The number of aromatic carboxylic acids is 1. The molecule has 4 nitrogen and oxygen atoms in total. The summed E-state index contributed by atoms with van der Waals surface area (Å²) in [5.41, 5.74) is 2.58. The van der Waals surface area contributed by atoms with Crippen molar-refractivity contribution >= 4 is 17.4 Å². The molecule has 0 amide bonds. The summed E-state index contributed by atoms with van der Waals surface area (Å²) < 4.78 is 0. The summed E-state index contributed by atoms with van der Waals surface area (Å²) in [6.45, 7) is 2.08. The molecule has 2 aromatic carbocycles. The molecule has 0 saturated heterocycles. The summed E-state index contributed by atoms with van der Waals surface area (Å²) >= 11 is 0. The maximum atomic E-state index is 12.1. The molecule has 0 aliphatic rings. The third-order valence-corrected chi connectivity index (χ3v) is 3.03. The predicted octanol–water partition coefficient (Wildman–Crippen LogP) is 2.99. The Balaban J connectivity index is 2.00. The van der Waals surface area contributed by atoms with E-state index in [-0.39, 0.29) is 17.9 Å². The number of nitrogens with one attached hydrogen (secondary N) is 1. The number of benzene rings is 2. The van der Waals surface area contributed by atoms with Crippen LogP contribution in [-0.4, -0.2) is 23.4 Å². The number of carboxylic acids is 1. The SMILES string of the molecule is Cc1ccccc1C(=O)CNc1ccc(C(=O)O)cc1. The van der Waals surface area contributed by atoms with Crippen LogP contribution in [0.25, 0.3) is 0 Å². The molecule has 102 valence electrons. The normalized spacial score (nSPS) is 10.1. The van der Waals surface area contributed by atoms with Crippen LogP contribution in [0.15, 0.2) is 48.5 Å². The molecule has 0 bridgehead atoms. The highest BCUT2D eigenvalue weighted by molar-refractivity contribution is 6.00. The van der Waals surface area contributed by atoms with Crippen molar-refractivity contribution < 1.29 is 14.7 Å². The highest BCUT2D eigenvalue weighted by atomic mass is 16.4. The molecule has 4 heteroatoms. The number of carbonyl (C=O) groups is 2. The standard InChI is InChI=1S/C16H15NO3/c1-11-4-2-3-5-14(11)15(18)10-17-13-8-6-12(7-9-13)16(19)20/h2-9,17H,10H2,1H3,(H,19,20). The Morgan fingerprint density at radius 1 is 1.05 bits per heavy atom. The minimum Gasteiger partial charge on any atom is -0.478 e. The molecule has 0 heterocycles. The van der Waals surface area contributed by atoms with Gasteiger partial charge in [0.25, 0.3) is 0 Å². The van der Waals surface area contributed by atoms with Crippen LogP contribution in [-0.2, 0) is 0 Å². The molecule has 2 rings (SSSR count). The highest BCUT2D eigenvalue weighted by Crippen LogP contribution is 2.11. The van der Waals surface area contributed by atoms with E-state index in [1.807, 2.05) is 25.1 Å². The second-order valence-corrected chi connectivity index (χ2v) is 4.47. The van der Waals surface area contributed by atoms with E-state index >= 15 is 0 Å². The van der Waals surface area contributed by atoms with E-state index in [0.29, 0.717) is 5.56 Å². The minimum atomic E-state index is -0.965. The molecule has 2 aromatic rings. The molecular formula is C16H15NO3. The first-order chi connectivity index (χ1) is 9.58. The van der Waals surface area contributed by atoms with Crippen LogP contribution >= 0.6 is 0 Å². The Labute approximate surface area is 117 Å². The number of hydrogen-bond acceptors (Lipinski definition) is 3. The van der Waals surface area contributed by atoms with Crippen molar-refractivity contribution in [2.75, 3.05) is 11.9 Å². The van der Waals surface area contributed by atoms with E-state index in [2.05, 4.69) is 5.32 Å². The number of Topliss-reactive ketones (excluding diaryl/α,β-unsaturated/α-hetero) is 1. The predicted molar refractivity (Wildman–Crippen MR) is 77.4 cm³/mol.